The molecular formula is C11H12N2O3S. The Bertz CT molecular complexity index is 542. The zero-order valence-corrected chi connectivity index (χ0v) is 9.98. The molecule has 1 fully saturated rings. The fourth-order valence-corrected chi connectivity index (χ4v) is 3.04. The molecule has 17 heavy (non-hydrogen) atoms. The highest BCUT2D eigenvalue weighted by Gasteiger charge is 2.26. The largest absolute Gasteiger partial charge is 0.284 e. The summed E-state index contributed by atoms with van der Waals surface area (Å²) in [4.78, 5) is 5.03. The third-order valence-corrected chi connectivity index (χ3v) is 4.04. The van der Waals surface area contributed by atoms with Gasteiger partial charge in [-0.25, -0.2) is 8.42 Å². The van der Waals surface area contributed by atoms with E-state index in [-0.39, 0.29) is 5.75 Å². The minimum absolute atomic E-state index is 0.136. The van der Waals surface area contributed by atoms with Crippen molar-refractivity contribution < 1.29 is 13.3 Å². The molecule has 0 aliphatic carbocycles. The lowest BCUT2D eigenvalue weighted by Crippen LogP contribution is -2.28. The van der Waals surface area contributed by atoms with Crippen molar-refractivity contribution in [2.24, 2.45) is 0 Å². The maximum atomic E-state index is 11.9. The second kappa shape index (κ2) is 4.84. The SMILES string of the molecule is N#Cc1cccc(CS(=O)(=O)N2CCCO2)c1. The molecule has 0 N–H and O–H groups in total. The lowest BCUT2D eigenvalue weighted by molar-refractivity contribution is -0.0286. The van der Waals surface area contributed by atoms with Crippen LogP contribution in [0, 0.1) is 11.3 Å². The molecule has 1 aliphatic rings. The first-order chi connectivity index (χ1) is 8.12. The van der Waals surface area contributed by atoms with Crippen LogP contribution in [0.2, 0.25) is 0 Å². The molecule has 1 aliphatic heterocycles. The van der Waals surface area contributed by atoms with E-state index in [2.05, 4.69) is 0 Å². The summed E-state index contributed by atoms with van der Waals surface area (Å²) in [6, 6.07) is 8.57. The van der Waals surface area contributed by atoms with Gasteiger partial charge in [0, 0.05) is 6.54 Å². The van der Waals surface area contributed by atoms with Gasteiger partial charge in [-0.05, 0) is 24.1 Å². The van der Waals surface area contributed by atoms with Gasteiger partial charge in [-0.15, -0.1) is 0 Å². The summed E-state index contributed by atoms with van der Waals surface area (Å²) in [5.74, 6) is -0.136. The van der Waals surface area contributed by atoms with Crippen LogP contribution in [0.4, 0.5) is 0 Å². The molecular weight excluding hydrogens is 240 g/mol. The van der Waals surface area contributed by atoms with E-state index in [1.807, 2.05) is 6.07 Å². The summed E-state index contributed by atoms with van der Waals surface area (Å²) in [6.45, 7) is 0.845. The third-order valence-electron chi connectivity index (χ3n) is 2.44. The Morgan fingerprint density at radius 3 is 2.94 bits per heavy atom. The molecule has 0 saturated carbocycles. The van der Waals surface area contributed by atoms with Crippen molar-refractivity contribution in [3.05, 3.63) is 35.4 Å². The second-order valence-electron chi connectivity index (χ2n) is 3.78. The highest BCUT2D eigenvalue weighted by atomic mass is 32.2. The van der Waals surface area contributed by atoms with E-state index in [0.717, 1.165) is 10.9 Å². The van der Waals surface area contributed by atoms with E-state index in [9.17, 15) is 8.42 Å². The number of nitrogens with zero attached hydrogens (tertiary/aromatic N) is 2. The predicted molar refractivity (Wildman–Crippen MR) is 61.1 cm³/mol. The first-order valence-electron chi connectivity index (χ1n) is 5.24. The molecule has 6 heteroatoms. The van der Waals surface area contributed by atoms with Crippen molar-refractivity contribution in [1.82, 2.24) is 4.47 Å². The lowest BCUT2D eigenvalue weighted by atomic mass is 10.2. The van der Waals surface area contributed by atoms with Crippen LogP contribution in [0.25, 0.3) is 0 Å². The van der Waals surface area contributed by atoms with Crippen LogP contribution in [-0.2, 0) is 20.6 Å². The third kappa shape index (κ3) is 2.82. The van der Waals surface area contributed by atoms with Gasteiger partial charge in [0.15, 0.2) is 0 Å². The molecule has 1 aromatic rings. The van der Waals surface area contributed by atoms with Gasteiger partial charge in [0.1, 0.15) is 0 Å². The highest BCUT2D eigenvalue weighted by molar-refractivity contribution is 7.88. The van der Waals surface area contributed by atoms with Crippen LogP contribution in [-0.4, -0.2) is 26.0 Å². The van der Waals surface area contributed by atoms with E-state index in [1.54, 1.807) is 24.3 Å². The van der Waals surface area contributed by atoms with E-state index < -0.39 is 10.0 Å². The lowest BCUT2D eigenvalue weighted by Gasteiger charge is -2.14. The summed E-state index contributed by atoms with van der Waals surface area (Å²) < 4.78 is 24.9. The molecule has 0 aromatic heterocycles. The first-order valence-corrected chi connectivity index (χ1v) is 6.85. The minimum Gasteiger partial charge on any atom is -0.284 e. The number of hydrogen-bond donors (Lipinski definition) is 0. The molecule has 90 valence electrons. The molecule has 2 rings (SSSR count). The van der Waals surface area contributed by atoms with Crippen molar-refractivity contribution >= 4 is 10.0 Å². The van der Waals surface area contributed by atoms with E-state index in [0.29, 0.717) is 24.3 Å². The molecule has 0 radical (unpaired) electrons. The molecule has 0 amide bonds. The van der Waals surface area contributed by atoms with E-state index in [1.165, 1.54) is 0 Å². The van der Waals surface area contributed by atoms with Crippen LogP contribution in [0.5, 0.6) is 0 Å². The van der Waals surface area contributed by atoms with Gasteiger partial charge in [-0.2, -0.15) is 5.26 Å². The summed E-state index contributed by atoms with van der Waals surface area (Å²) in [5, 5.41) is 8.74. The van der Waals surface area contributed by atoms with Gasteiger partial charge in [0.05, 0.1) is 24.0 Å². The average Bonchev–Trinajstić information content (AvgIpc) is 2.83. The number of rotatable bonds is 3. The Morgan fingerprint density at radius 1 is 1.47 bits per heavy atom. The molecule has 0 unspecified atom stereocenters. The molecule has 1 heterocycles. The molecule has 0 bridgehead atoms. The van der Waals surface area contributed by atoms with Crippen molar-refractivity contribution in [1.29, 1.82) is 5.26 Å². The van der Waals surface area contributed by atoms with Gasteiger partial charge in [-0.3, -0.25) is 4.84 Å². The highest BCUT2D eigenvalue weighted by Crippen LogP contribution is 2.16. The molecule has 1 aromatic carbocycles. The fourth-order valence-electron chi connectivity index (χ4n) is 1.66. The van der Waals surface area contributed by atoms with Crippen LogP contribution in [0.3, 0.4) is 0 Å². The van der Waals surface area contributed by atoms with Crippen molar-refractivity contribution in [3.8, 4) is 6.07 Å². The maximum absolute atomic E-state index is 11.9. The van der Waals surface area contributed by atoms with Gasteiger partial charge >= 0.3 is 0 Å². The second-order valence-corrected chi connectivity index (χ2v) is 5.64. The Hall–Kier alpha value is -1.42. The Kier molecular flexibility index (Phi) is 3.43. The molecule has 0 spiro atoms. The van der Waals surface area contributed by atoms with Crippen LogP contribution >= 0.6 is 0 Å². The Balaban J connectivity index is 2.17. The number of hydrogen-bond acceptors (Lipinski definition) is 4. The molecule has 0 atom stereocenters. The van der Waals surface area contributed by atoms with Gasteiger partial charge in [-0.1, -0.05) is 16.6 Å². The van der Waals surface area contributed by atoms with Gasteiger partial charge in [0.2, 0.25) is 10.0 Å². The summed E-state index contributed by atoms with van der Waals surface area (Å²) >= 11 is 0. The zero-order valence-electron chi connectivity index (χ0n) is 9.17. The average molecular weight is 252 g/mol. The van der Waals surface area contributed by atoms with E-state index in [4.69, 9.17) is 10.1 Å². The standard InChI is InChI=1S/C11H12N2O3S/c12-8-10-3-1-4-11(7-10)9-17(14,15)13-5-2-6-16-13/h1,3-4,7H,2,5-6,9H2. The summed E-state index contributed by atoms with van der Waals surface area (Å²) in [7, 11) is -3.44. The van der Waals surface area contributed by atoms with Crippen LogP contribution in [0.15, 0.2) is 24.3 Å². The zero-order chi connectivity index (χ0) is 12.3. The van der Waals surface area contributed by atoms with Crippen LogP contribution < -0.4 is 0 Å². The topological polar surface area (TPSA) is 70.4 Å². The predicted octanol–water partition coefficient (Wildman–Crippen LogP) is 1.03. The monoisotopic (exact) mass is 252 g/mol. The fraction of sp³-hybridized carbons (Fsp3) is 0.364. The molecule has 5 nitrogen and oxygen atoms in total. The van der Waals surface area contributed by atoms with Crippen LogP contribution in [0.1, 0.15) is 17.5 Å². The maximum Gasteiger partial charge on any atom is 0.240 e. The summed E-state index contributed by atoms with van der Waals surface area (Å²) in [6.07, 6.45) is 0.720. The van der Waals surface area contributed by atoms with E-state index >= 15 is 0 Å². The van der Waals surface area contributed by atoms with Gasteiger partial charge in [0.25, 0.3) is 0 Å². The quantitative estimate of drug-likeness (QED) is 0.805. The molecule has 1 saturated heterocycles. The Morgan fingerprint density at radius 2 is 2.29 bits per heavy atom. The number of sulfonamides is 1. The smallest absolute Gasteiger partial charge is 0.240 e. The minimum atomic E-state index is -3.44. The number of nitriles is 1. The van der Waals surface area contributed by atoms with Crippen molar-refractivity contribution in [3.63, 3.8) is 0 Å². The van der Waals surface area contributed by atoms with Gasteiger partial charge < -0.3 is 0 Å². The van der Waals surface area contributed by atoms with Crippen molar-refractivity contribution in [2.45, 2.75) is 12.2 Å². The Labute approximate surface area is 100 Å². The summed E-state index contributed by atoms with van der Waals surface area (Å²) in [5.41, 5.74) is 1.06. The first kappa shape index (κ1) is 12.0. The normalized spacial score (nSPS) is 16.9. The number of hydroxylamine groups is 1. The number of benzene rings is 1. The van der Waals surface area contributed by atoms with Crippen molar-refractivity contribution in [2.75, 3.05) is 13.2 Å².